The number of hydrogen-bond acceptors (Lipinski definition) is 3. The van der Waals surface area contributed by atoms with Gasteiger partial charge in [0, 0.05) is 25.7 Å². The van der Waals surface area contributed by atoms with E-state index in [1.807, 2.05) is 13.8 Å². The highest BCUT2D eigenvalue weighted by Gasteiger charge is 2.10. The molecule has 1 rings (SSSR count). The van der Waals surface area contributed by atoms with Crippen LogP contribution in [0.25, 0.3) is 0 Å². The predicted molar refractivity (Wildman–Crippen MR) is 67.7 cm³/mol. The van der Waals surface area contributed by atoms with E-state index in [0.29, 0.717) is 24.4 Å². The van der Waals surface area contributed by atoms with Crippen LogP contribution in [0.3, 0.4) is 0 Å². The fourth-order valence-electron chi connectivity index (χ4n) is 1.63. The first-order valence-electron chi connectivity index (χ1n) is 6.00. The van der Waals surface area contributed by atoms with Gasteiger partial charge < -0.3 is 15.4 Å². The number of carbonyl (C=O) groups excluding carboxylic acids is 1. The van der Waals surface area contributed by atoms with Crippen LogP contribution in [0, 0.1) is 5.82 Å². The highest BCUT2D eigenvalue weighted by molar-refractivity contribution is 5.77. The van der Waals surface area contributed by atoms with Crippen molar-refractivity contribution in [2.75, 3.05) is 19.7 Å². The van der Waals surface area contributed by atoms with Crippen LogP contribution in [-0.2, 0) is 11.3 Å². The molecule has 0 aliphatic carbocycles. The van der Waals surface area contributed by atoms with Crippen LogP contribution >= 0.6 is 0 Å². The Kier molecular flexibility index (Phi) is 5.58. The fraction of sp³-hybridized carbons (Fsp3) is 0.462. The summed E-state index contributed by atoms with van der Waals surface area (Å²) in [5.41, 5.74) is 6.08. The van der Waals surface area contributed by atoms with E-state index >= 15 is 0 Å². The Morgan fingerprint density at radius 2 is 2.00 bits per heavy atom. The molecule has 0 unspecified atom stereocenters. The standard InChI is InChI=1S/C13H19FN2O2/c1-3-16(4-2)13(17)9-18-12-6-10(8-15)5-11(14)7-12/h5-7H,3-4,8-9,15H2,1-2H3. The molecule has 0 heterocycles. The van der Waals surface area contributed by atoms with Gasteiger partial charge in [-0.2, -0.15) is 0 Å². The summed E-state index contributed by atoms with van der Waals surface area (Å²) in [4.78, 5) is 13.4. The zero-order valence-corrected chi connectivity index (χ0v) is 10.8. The SMILES string of the molecule is CCN(CC)C(=O)COc1cc(F)cc(CN)c1. The summed E-state index contributed by atoms with van der Waals surface area (Å²) in [7, 11) is 0. The molecule has 0 aliphatic heterocycles. The molecular weight excluding hydrogens is 235 g/mol. The number of amides is 1. The number of hydrogen-bond donors (Lipinski definition) is 1. The second kappa shape index (κ2) is 6.96. The molecule has 0 saturated carbocycles. The van der Waals surface area contributed by atoms with E-state index in [4.69, 9.17) is 10.5 Å². The molecule has 1 aromatic carbocycles. The first-order chi connectivity index (χ1) is 8.60. The number of likely N-dealkylation sites (N-methyl/N-ethyl adjacent to an activating group) is 1. The van der Waals surface area contributed by atoms with Gasteiger partial charge in [0.1, 0.15) is 11.6 Å². The first kappa shape index (κ1) is 14.4. The predicted octanol–water partition coefficient (Wildman–Crippen LogP) is 1.53. The highest BCUT2D eigenvalue weighted by atomic mass is 19.1. The molecule has 0 aromatic heterocycles. The lowest BCUT2D eigenvalue weighted by Gasteiger charge is -2.18. The van der Waals surface area contributed by atoms with Crippen molar-refractivity contribution in [1.29, 1.82) is 0 Å². The average Bonchev–Trinajstić information content (AvgIpc) is 2.37. The summed E-state index contributed by atoms with van der Waals surface area (Å²) >= 11 is 0. The summed E-state index contributed by atoms with van der Waals surface area (Å²) in [6.45, 7) is 5.21. The molecule has 0 aliphatic rings. The van der Waals surface area contributed by atoms with Crippen LogP contribution in [0.1, 0.15) is 19.4 Å². The molecular formula is C13H19FN2O2. The monoisotopic (exact) mass is 254 g/mol. The Balaban J connectivity index is 2.63. The summed E-state index contributed by atoms with van der Waals surface area (Å²) in [5.74, 6) is -0.197. The number of rotatable bonds is 6. The quantitative estimate of drug-likeness (QED) is 0.837. The smallest absolute Gasteiger partial charge is 0.260 e. The molecule has 0 radical (unpaired) electrons. The number of ether oxygens (including phenoxy) is 1. The van der Waals surface area contributed by atoms with Gasteiger partial charge in [-0.3, -0.25) is 4.79 Å². The van der Waals surface area contributed by atoms with E-state index in [2.05, 4.69) is 0 Å². The molecule has 1 amide bonds. The van der Waals surface area contributed by atoms with E-state index in [1.54, 1.807) is 11.0 Å². The van der Waals surface area contributed by atoms with Crippen molar-refractivity contribution in [3.63, 3.8) is 0 Å². The molecule has 0 spiro atoms. The van der Waals surface area contributed by atoms with Crippen molar-refractivity contribution < 1.29 is 13.9 Å². The molecule has 4 nitrogen and oxygen atoms in total. The van der Waals surface area contributed by atoms with E-state index in [-0.39, 0.29) is 19.1 Å². The van der Waals surface area contributed by atoms with E-state index < -0.39 is 5.82 Å². The molecule has 0 fully saturated rings. The minimum Gasteiger partial charge on any atom is -0.484 e. The Labute approximate surface area is 107 Å². The van der Waals surface area contributed by atoms with Gasteiger partial charge in [-0.05, 0) is 31.5 Å². The lowest BCUT2D eigenvalue weighted by molar-refractivity contribution is -0.132. The summed E-state index contributed by atoms with van der Waals surface area (Å²) in [6.07, 6.45) is 0. The summed E-state index contributed by atoms with van der Waals surface area (Å²) in [5, 5.41) is 0. The zero-order chi connectivity index (χ0) is 13.5. The first-order valence-corrected chi connectivity index (χ1v) is 6.00. The minimum atomic E-state index is -0.414. The maximum atomic E-state index is 13.2. The maximum absolute atomic E-state index is 13.2. The van der Waals surface area contributed by atoms with Crippen molar-refractivity contribution in [2.24, 2.45) is 5.73 Å². The Morgan fingerprint density at radius 3 is 2.56 bits per heavy atom. The summed E-state index contributed by atoms with van der Waals surface area (Å²) < 4.78 is 18.5. The number of benzene rings is 1. The van der Waals surface area contributed by atoms with Crippen LogP contribution in [0.5, 0.6) is 5.75 Å². The van der Waals surface area contributed by atoms with Crippen LogP contribution in [-0.4, -0.2) is 30.5 Å². The van der Waals surface area contributed by atoms with Gasteiger partial charge in [0.25, 0.3) is 5.91 Å². The van der Waals surface area contributed by atoms with E-state index in [0.717, 1.165) is 0 Å². The third-order valence-corrected chi connectivity index (χ3v) is 2.65. The number of halogens is 1. The van der Waals surface area contributed by atoms with Gasteiger partial charge in [-0.25, -0.2) is 4.39 Å². The second-order valence-electron chi connectivity index (χ2n) is 3.85. The number of nitrogens with zero attached hydrogens (tertiary/aromatic N) is 1. The van der Waals surface area contributed by atoms with Gasteiger partial charge in [0.15, 0.2) is 6.61 Å². The van der Waals surface area contributed by atoms with Crippen molar-refractivity contribution >= 4 is 5.91 Å². The van der Waals surface area contributed by atoms with Gasteiger partial charge in [0.05, 0.1) is 0 Å². The average molecular weight is 254 g/mol. The Morgan fingerprint density at radius 1 is 1.33 bits per heavy atom. The van der Waals surface area contributed by atoms with Gasteiger partial charge in [-0.15, -0.1) is 0 Å². The van der Waals surface area contributed by atoms with Crippen LogP contribution < -0.4 is 10.5 Å². The zero-order valence-electron chi connectivity index (χ0n) is 10.8. The topological polar surface area (TPSA) is 55.6 Å². The fourth-order valence-corrected chi connectivity index (χ4v) is 1.63. The van der Waals surface area contributed by atoms with E-state index in [1.165, 1.54) is 12.1 Å². The van der Waals surface area contributed by atoms with Crippen molar-refractivity contribution in [3.8, 4) is 5.75 Å². The third-order valence-electron chi connectivity index (χ3n) is 2.65. The molecule has 0 bridgehead atoms. The van der Waals surface area contributed by atoms with Crippen LogP contribution in [0.15, 0.2) is 18.2 Å². The Bertz CT molecular complexity index is 406. The van der Waals surface area contributed by atoms with Gasteiger partial charge in [-0.1, -0.05) is 0 Å². The molecule has 1 aromatic rings. The number of nitrogens with two attached hydrogens (primary N) is 1. The highest BCUT2D eigenvalue weighted by Crippen LogP contribution is 2.16. The van der Waals surface area contributed by atoms with Crippen LogP contribution in [0.4, 0.5) is 4.39 Å². The van der Waals surface area contributed by atoms with Gasteiger partial charge in [0.2, 0.25) is 0 Å². The number of carbonyl (C=O) groups is 1. The molecule has 5 heteroatoms. The largest absolute Gasteiger partial charge is 0.484 e. The molecule has 18 heavy (non-hydrogen) atoms. The Hall–Kier alpha value is -1.62. The molecule has 0 atom stereocenters. The minimum absolute atomic E-state index is 0.0882. The lowest BCUT2D eigenvalue weighted by Crippen LogP contribution is -2.34. The van der Waals surface area contributed by atoms with Crippen LogP contribution in [0.2, 0.25) is 0 Å². The normalized spacial score (nSPS) is 10.2. The molecule has 2 N–H and O–H groups in total. The van der Waals surface area contributed by atoms with Crippen molar-refractivity contribution in [2.45, 2.75) is 20.4 Å². The van der Waals surface area contributed by atoms with Gasteiger partial charge >= 0.3 is 0 Å². The molecule has 0 saturated heterocycles. The summed E-state index contributed by atoms with van der Waals surface area (Å²) in [6, 6.07) is 4.23. The molecule has 100 valence electrons. The van der Waals surface area contributed by atoms with Crippen molar-refractivity contribution in [1.82, 2.24) is 4.90 Å². The third kappa shape index (κ3) is 4.00. The lowest BCUT2D eigenvalue weighted by atomic mass is 10.2. The van der Waals surface area contributed by atoms with Crippen molar-refractivity contribution in [3.05, 3.63) is 29.6 Å². The maximum Gasteiger partial charge on any atom is 0.260 e. The second-order valence-corrected chi connectivity index (χ2v) is 3.85. The van der Waals surface area contributed by atoms with E-state index in [9.17, 15) is 9.18 Å².